The van der Waals surface area contributed by atoms with E-state index >= 15 is 0 Å². The van der Waals surface area contributed by atoms with Crippen LogP contribution < -0.4 is 10.6 Å². The van der Waals surface area contributed by atoms with Crippen LogP contribution in [0.3, 0.4) is 0 Å². The number of thiol groups is 1. The number of methoxy groups -OCH3 is 1. The number of nitrogens with one attached hydrogen (secondary N) is 2. The van der Waals surface area contributed by atoms with Crippen molar-refractivity contribution in [1.29, 1.82) is 0 Å². The van der Waals surface area contributed by atoms with Crippen LogP contribution in [0.2, 0.25) is 0 Å². The summed E-state index contributed by atoms with van der Waals surface area (Å²) in [6, 6.07) is 0. The second-order valence-electron chi connectivity index (χ2n) is 3.75. The predicted molar refractivity (Wildman–Crippen MR) is 82.8 cm³/mol. The number of rotatable bonds is 13. The Morgan fingerprint density at radius 1 is 1.05 bits per heavy atom. The first-order chi connectivity index (χ1) is 9.85. The fourth-order valence-electron chi connectivity index (χ4n) is 1.22. The molecule has 3 N–H and O–H groups in total. The molecule has 0 bridgehead atoms. The van der Waals surface area contributed by atoms with E-state index in [4.69, 9.17) is 19.3 Å². The van der Waals surface area contributed by atoms with E-state index in [1.165, 1.54) is 0 Å². The fraction of sp³-hybridized carbons (Fsp3) is 0.917. The molecule has 7 nitrogen and oxygen atoms in total. The Morgan fingerprint density at radius 2 is 1.70 bits per heavy atom. The standard InChI is InChI=1S/C12H27N3O4S/c1-17-7-8-19-10-9-18-6-3-14-12(13-2-5-16)15-4-11-20/h16,20H,2-11H2,1H3,(H2,13,14,15). The van der Waals surface area contributed by atoms with E-state index in [1.54, 1.807) is 7.11 Å². The monoisotopic (exact) mass is 309 g/mol. The van der Waals surface area contributed by atoms with Gasteiger partial charge >= 0.3 is 0 Å². The SMILES string of the molecule is COCCOCCOCCNC(=NCCO)NCCS. The minimum Gasteiger partial charge on any atom is -0.394 e. The first-order valence-electron chi connectivity index (χ1n) is 6.73. The van der Waals surface area contributed by atoms with Crippen molar-refractivity contribution in [3.05, 3.63) is 0 Å². The molecule has 0 saturated carbocycles. The summed E-state index contributed by atoms with van der Waals surface area (Å²) in [5, 5.41) is 14.9. The molecule has 120 valence electrons. The molecule has 0 atom stereocenters. The number of hydrogen-bond acceptors (Lipinski definition) is 6. The molecule has 0 spiro atoms. The summed E-state index contributed by atoms with van der Waals surface area (Å²) in [7, 11) is 1.64. The summed E-state index contributed by atoms with van der Waals surface area (Å²) in [5.74, 6) is 1.38. The van der Waals surface area contributed by atoms with Gasteiger partial charge in [-0.25, -0.2) is 0 Å². The van der Waals surface area contributed by atoms with Crippen LogP contribution in [-0.4, -0.2) is 83.2 Å². The van der Waals surface area contributed by atoms with Gasteiger partial charge < -0.3 is 30.0 Å². The Balaban J connectivity index is 3.48. The third-order valence-corrected chi connectivity index (χ3v) is 2.34. The van der Waals surface area contributed by atoms with Crippen molar-refractivity contribution in [2.45, 2.75) is 0 Å². The molecule has 0 fully saturated rings. The molecule has 0 unspecified atom stereocenters. The number of nitrogens with zero attached hydrogens (tertiary/aromatic N) is 1. The van der Waals surface area contributed by atoms with Crippen molar-refractivity contribution >= 4 is 18.6 Å². The molecule has 0 saturated heterocycles. The van der Waals surface area contributed by atoms with E-state index in [1.807, 2.05) is 0 Å². The summed E-state index contributed by atoms with van der Waals surface area (Å²) < 4.78 is 15.5. The lowest BCUT2D eigenvalue weighted by Gasteiger charge is -2.12. The number of ether oxygens (including phenoxy) is 3. The zero-order valence-electron chi connectivity index (χ0n) is 12.1. The van der Waals surface area contributed by atoms with Crippen molar-refractivity contribution < 1.29 is 19.3 Å². The molecule has 0 aromatic rings. The lowest BCUT2D eigenvalue weighted by Crippen LogP contribution is -2.40. The number of guanidine groups is 1. The van der Waals surface area contributed by atoms with Gasteiger partial charge in [0.1, 0.15) is 0 Å². The third-order valence-electron chi connectivity index (χ3n) is 2.12. The van der Waals surface area contributed by atoms with Crippen LogP contribution in [-0.2, 0) is 14.2 Å². The van der Waals surface area contributed by atoms with E-state index < -0.39 is 0 Å². The Labute approximate surface area is 126 Å². The maximum absolute atomic E-state index is 8.75. The quantitative estimate of drug-likeness (QED) is 0.153. The van der Waals surface area contributed by atoms with Crippen molar-refractivity contribution in [2.24, 2.45) is 4.99 Å². The molecule has 0 heterocycles. The molecule has 8 heteroatoms. The zero-order chi connectivity index (χ0) is 14.9. The second kappa shape index (κ2) is 16.5. The molecular formula is C12H27N3O4S. The summed E-state index contributed by atoms with van der Waals surface area (Å²) in [6.07, 6.45) is 0. The molecule has 0 aliphatic rings. The minimum absolute atomic E-state index is 0.0308. The number of hydrogen-bond donors (Lipinski definition) is 4. The van der Waals surface area contributed by atoms with E-state index in [0.29, 0.717) is 58.6 Å². The zero-order valence-corrected chi connectivity index (χ0v) is 13.0. The summed E-state index contributed by atoms with van der Waals surface area (Å²) in [5.41, 5.74) is 0. The van der Waals surface area contributed by atoms with Crippen LogP contribution in [0.5, 0.6) is 0 Å². The third kappa shape index (κ3) is 13.9. The van der Waals surface area contributed by atoms with Gasteiger partial charge in [0.15, 0.2) is 5.96 Å². The molecule has 20 heavy (non-hydrogen) atoms. The van der Waals surface area contributed by atoms with Crippen molar-refractivity contribution in [2.75, 3.05) is 72.1 Å². The van der Waals surface area contributed by atoms with Crippen LogP contribution >= 0.6 is 12.6 Å². The van der Waals surface area contributed by atoms with Crippen molar-refractivity contribution in [3.63, 3.8) is 0 Å². The fourth-order valence-corrected chi connectivity index (χ4v) is 1.33. The van der Waals surface area contributed by atoms with Crippen LogP contribution in [0.25, 0.3) is 0 Å². The summed E-state index contributed by atoms with van der Waals surface area (Å²) >= 11 is 4.12. The van der Waals surface area contributed by atoms with Gasteiger partial charge in [-0.15, -0.1) is 0 Å². The minimum atomic E-state index is 0.0308. The molecule has 0 rings (SSSR count). The Kier molecular flexibility index (Phi) is 16.1. The first kappa shape index (κ1) is 19.5. The van der Waals surface area contributed by atoms with E-state index in [9.17, 15) is 0 Å². The molecule has 0 aromatic heterocycles. The van der Waals surface area contributed by atoms with Gasteiger partial charge in [0.05, 0.1) is 46.2 Å². The van der Waals surface area contributed by atoms with Crippen molar-refractivity contribution in [3.8, 4) is 0 Å². The van der Waals surface area contributed by atoms with Gasteiger partial charge in [-0.1, -0.05) is 0 Å². The number of aliphatic hydroxyl groups excluding tert-OH is 1. The van der Waals surface area contributed by atoms with Gasteiger partial charge in [0, 0.05) is 26.0 Å². The highest BCUT2D eigenvalue weighted by molar-refractivity contribution is 7.80. The average Bonchev–Trinajstić information content (AvgIpc) is 2.47. The topological polar surface area (TPSA) is 84.3 Å². The Morgan fingerprint density at radius 3 is 2.35 bits per heavy atom. The first-order valence-corrected chi connectivity index (χ1v) is 7.36. The van der Waals surface area contributed by atoms with Gasteiger partial charge in [-0.05, 0) is 0 Å². The highest BCUT2D eigenvalue weighted by Gasteiger charge is 1.97. The number of aliphatic imine (C=N–C) groups is 1. The molecular weight excluding hydrogens is 282 g/mol. The summed E-state index contributed by atoms with van der Waals surface area (Å²) in [6.45, 7) is 4.63. The van der Waals surface area contributed by atoms with E-state index in [2.05, 4.69) is 28.3 Å². The largest absolute Gasteiger partial charge is 0.394 e. The normalized spacial score (nSPS) is 11.7. The lowest BCUT2D eigenvalue weighted by molar-refractivity contribution is 0.0261. The van der Waals surface area contributed by atoms with Crippen LogP contribution in [0.1, 0.15) is 0 Å². The van der Waals surface area contributed by atoms with E-state index in [-0.39, 0.29) is 6.61 Å². The molecule has 0 aliphatic carbocycles. The molecule has 0 amide bonds. The molecule has 0 aliphatic heterocycles. The van der Waals surface area contributed by atoms with Crippen LogP contribution in [0.15, 0.2) is 4.99 Å². The Bertz CT molecular complexity index is 233. The van der Waals surface area contributed by atoms with Gasteiger partial charge in [0.2, 0.25) is 0 Å². The lowest BCUT2D eigenvalue weighted by atomic mass is 10.6. The molecule has 0 radical (unpaired) electrons. The second-order valence-corrected chi connectivity index (χ2v) is 4.20. The average molecular weight is 309 g/mol. The van der Waals surface area contributed by atoms with Crippen LogP contribution in [0.4, 0.5) is 0 Å². The summed E-state index contributed by atoms with van der Waals surface area (Å²) in [4.78, 5) is 4.16. The van der Waals surface area contributed by atoms with Gasteiger partial charge in [0.25, 0.3) is 0 Å². The van der Waals surface area contributed by atoms with Crippen molar-refractivity contribution in [1.82, 2.24) is 10.6 Å². The Hall–Kier alpha value is -0.540. The predicted octanol–water partition coefficient (Wildman–Crippen LogP) is -0.877. The maximum atomic E-state index is 8.75. The smallest absolute Gasteiger partial charge is 0.191 e. The highest BCUT2D eigenvalue weighted by Crippen LogP contribution is 1.80. The van der Waals surface area contributed by atoms with Crippen LogP contribution in [0, 0.1) is 0 Å². The number of aliphatic hydroxyl groups is 1. The van der Waals surface area contributed by atoms with Gasteiger partial charge in [-0.3, -0.25) is 4.99 Å². The molecule has 0 aromatic carbocycles. The highest BCUT2D eigenvalue weighted by atomic mass is 32.1. The van der Waals surface area contributed by atoms with Gasteiger partial charge in [-0.2, -0.15) is 12.6 Å². The maximum Gasteiger partial charge on any atom is 0.191 e. The van der Waals surface area contributed by atoms with E-state index in [0.717, 1.165) is 5.75 Å².